The van der Waals surface area contributed by atoms with Gasteiger partial charge in [-0.05, 0) is 125 Å². The van der Waals surface area contributed by atoms with E-state index in [2.05, 4.69) is 77.8 Å². The van der Waals surface area contributed by atoms with Gasteiger partial charge in [0, 0.05) is 91.0 Å². The number of amides is 2. The number of aryl methyl sites for hydroxylation is 1. The number of imide groups is 1. The van der Waals surface area contributed by atoms with E-state index in [9.17, 15) is 18.8 Å². The van der Waals surface area contributed by atoms with E-state index >= 15 is 0 Å². The number of carbonyl (C=O) groups is 2. The molecule has 5 aliphatic heterocycles. The van der Waals surface area contributed by atoms with Gasteiger partial charge in [0.15, 0.2) is 6.29 Å². The summed E-state index contributed by atoms with van der Waals surface area (Å²) in [7, 11) is 1.76. The normalized spacial score (nSPS) is 22.9. The summed E-state index contributed by atoms with van der Waals surface area (Å²) in [6, 6.07) is 19.5. The van der Waals surface area contributed by atoms with Gasteiger partial charge in [0.05, 0.1) is 11.0 Å². The quantitative estimate of drug-likeness (QED) is 0.120. The summed E-state index contributed by atoms with van der Waals surface area (Å²) < 4.78 is 19.7. The SMILES string of the molecule is Cn1c(=O)n(C2CCC(=O)NC2=O)c2ccc(N3CC4(CCN(CC5CCN(Cc6ccc(-c7cn(C8CCCCC8)c8c7C=NC(Nc7cc(F)cc(Cl)c7)N8)cc6)CC5)CC4)C3)cc21. The number of nitrogens with zero attached hydrogens (tertiary/aromatic N) is 7. The Morgan fingerprint density at radius 1 is 0.864 bits per heavy atom. The molecule has 1 saturated carbocycles. The molecule has 3 aromatic carbocycles. The lowest BCUT2D eigenvalue weighted by molar-refractivity contribution is -0.135. The van der Waals surface area contributed by atoms with Crippen LogP contribution >= 0.6 is 11.6 Å². The molecule has 11 rings (SSSR count). The zero-order valence-electron chi connectivity index (χ0n) is 37.8. The lowest BCUT2D eigenvalue weighted by Gasteiger charge is -2.55. The van der Waals surface area contributed by atoms with Gasteiger partial charge < -0.3 is 25.0 Å². The van der Waals surface area contributed by atoms with Crippen molar-refractivity contribution >= 4 is 57.9 Å². The molecule has 0 radical (unpaired) electrons. The van der Waals surface area contributed by atoms with Crippen molar-refractivity contribution in [1.82, 2.24) is 28.8 Å². The van der Waals surface area contributed by atoms with E-state index < -0.39 is 18.2 Å². The third kappa shape index (κ3) is 8.45. The maximum atomic E-state index is 14.1. The summed E-state index contributed by atoms with van der Waals surface area (Å²) in [5, 5.41) is 9.67. The highest BCUT2D eigenvalue weighted by molar-refractivity contribution is 6.30. The molecule has 3 N–H and O–H groups in total. The molecule has 7 heterocycles. The monoisotopic (exact) mass is 914 g/mol. The number of benzene rings is 3. The molecule has 66 heavy (non-hydrogen) atoms. The zero-order valence-corrected chi connectivity index (χ0v) is 38.5. The topological polar surface area (TPSA) is 124 Å². The van der Waals surface area contributed by atoms with Crippen molar-refractivity contribution in [1.29, 1.82) is 0 Å². The van der Waals surface area contributed by atoms with Gasteiger partial charge in [-0.3, -0.25) is 28.9 Å². The summed E-state index contributed by atoms with van der Waals surface area (Å²) in [6.07, 6.45) is 15.4. The van der Waals surface area contributed by atoms with Crippen LogP contribution in [-0.4, -0.2) is 93.6 Å². The maximum Gasteiger partial charge on any atom is 0.329 e. The molecule has 6 aliphatic rings. The van der Waals surface area contributed by atoms with Crippen molar-refractivity contribution in [2.45, 2.75) is 95.5 Å². The smallest absolute Gasteiger partial charge is 0.329 e. The number of anilines is 3. The first-order chi connectivity index (χ1) is 32.0. The number of rotatable bonds is 10. The average Bonchev–Trinajstić information content (AvgIpc) is 3.80. The van der Waals surface area contributed by atoms with Gasteiger partial charge in [-0.15, -0.1) is 0 Å². The Morgan fingerprint density at radius 2 is 1.64 bits per heavy atom. The van der Waals surface area contributed by atoms with E-state index in [1.165, 1.54) is 80.3 Å². The first-order valence-corrected chi connectivity index (χ1v) is 24.5. The Morgan fingerprint density at radius 3 is 2.38 bits per heavy atom. The van der Waals surface area contributed by atoms with E-state index in [1.807, 2.05) is 12.3 Å². The molecule has 346 valence electrons. The molecule has 15 heteroatoms. The molecule has 13 nitrogen and oxygen atoms in total. The Labute approximate surface area is 390 Å². The second-order valence-electron chi connectivity index (χ2n) is 20.1. The van der Waals surface area contributed by atoms with E-state index in [-0.39, 0.29) is 23.8 Å². The number of likely N-dealkylation sites (tertiary alicyclic amines) is 2. The van der Waals surface area contributed by atoms with Crippen LogP contribution in [-0.2, 0) is 23.2 Å². The lowest BCUT2D eigenvalue weighted by Crippen LogP contribution is -2.60. The predicted octanol–water partition coefficient (Wildman–Crippen LogP) is 8.14. The fraction of sp³-hybridized carbons (Fsp3) is 0.490. The van der Waals surface area contributed by atoms with E-state index in [0.717, 1.165) is 92.7 Å². The van der Waals surface area contributed by atoms with Gasteiger partial charge in [-0.2, -0.15) is 0 Å². The number of carbonyl (C=O) groups excluding carboxylic acids is 2. The molecule has 0 bridgehead atoms. The summed E-state index contributed by atoms with van der Waals surface area (Å²) in [5.41, 5.74) is 8.15. The molecule has 2 amide bonds. The Kier molecular flexibility index (Phi) is 11.5. The Balaban J connectivity index is 0.661. The fourth-order valence-corrected chi connectivity index (χ4v) is 12.1. The summed E-state index contributed by atoms with van der Waals surface area (Å²) in [5.74, 6) is 0.716. The molecule has 5 fully saturated rings. The van der Waals surface area contributed by atoms with Crippen molar-refractivity contribution in [3.05, 3.63) is 99.3 Å². The number of aromatic nitrogens is 3. The van der Waals surface area contributed by atoms with Gasteiger partial charge in [-0.1, -0.05) is 55.1 Å². The van der Waals surface area contributed by atoms with E-state index in [1.54, 1.807) is 22.2 Å². The van der Waals surface area contributed by atoms with E-state index in [4.69, 9.17) is 16.6 Å². The average molecular weight is 916 g/mol. The lowest BCUT2D eigenvalue weighted by atomic mass is 9.71. The Bertz CT molecular complexity index is 2710. The third-order valence-electron chi connectivity index (χ3n) is 15.7. The largest absolute Gasteiger partial charge is 0.370 e. The number of hydrogen-bond donors (Lipinski definition) is 3. The van der Waals surface area contributed by atoms with Gasteiger partial charge in [0.2, 0.25) is 11.8 Å². The van der Waals surface area contributed by atoms with Gasteiger partial charge in [0.25, 0.3) is 0 Å². The minimum atomic E-state index is -0.673. The van der Waals surface area contributed by atoms with Crippen molar-refractivity contribution in [2.75, 3.05) is 61.3 Å². The molecular weight excluding hydrogens is 855 g/mol. The van der Waals surface area contributed by atoms with Crippen molar-refractivity contribution in [2.24, 2.45) is 23.4 Å². The highest BCUT2D eigenvalue weighted by Gasteiger charge is 2.45. The van der Waals surface area contributed by atoms with Crippen LogP contribution in [0.15, 0.2) is 76.6 Å². The van der Waals surface area contributed by atoms with Crippen LogP contribution in [0.2, 0.25) is 5.02 Å². The molecule has 2 atom stereocenters. The first-order valence-electron chi connectivity index (χ1n) is 24.2. The number of imidazole rings is 1. The highest BCUT2D eigenvalue weighted by Crippen LogP contribution is 2.44. The summed E-state index contributed by atoms with van der Waals surface area (Å²) in [6.45, 7) is 8.78. The van der Waals surface area contributed by atoms with Crippen LogP contribution < -0.4 is 26.5 Å². The number of piperidine rings is 3. The van der Waals surface area contributed by atoms with Crippen LogP contribution in [0.25, 0.3) is 22.2 Å². The highest BCUT2D eigenvalue weighted by atomic mass is 35.5. The molecular formula is C51H60ClFN10O3. The van der Waals surface area contributed by atoms with Gasteiger partial charge in [-0.25, -0.2) is 14.2 Å². The summed E-state index contributed by atoms with van der Waals surface area (Å²) >= 11 is 6.15. The third-order valence-corrected chi connectivity index (χ3v) is 15.9. The maximum absolute atomic E-state index is 14.1. The minimum absolute atomic E-state index is 0.230. The molecule has 2 aromatic heterocycles. The molecule has 5 aromatic rings. The standard InChI is InChI=1S/C51H60ClFN10O3/c1-58-45-26-40(11-12-43(45)63(50(58)66)44-13-14-46(64)56-48(44)65)61-31-51(32-61)17-21-60(22-18-51)29-34-15-19-59(20-16-34)28-33-7-9-35(10-8-33)42-30-62(39-5-3-2-4-6-39)47-41(42)27-54-49(57-47)55-38-24-36(52)23-37(53)25-38/h7-12,23-27,30,34,39,44,49,55,57H,2-6,13-22,28-29,31-32H2,1H3,(H,56,64,65). The van der Waals surface area contributed by atoms with Gasteiger partial charge in [0.1, 0.15) is 17.7 Å². The fourth-order valence-electron chi connectivity index (χ4n) is 11.9. The van der Waals surface area contributed by atoms with Crippen molar-refractivity contribution in [3.63, 3.8) is 0 Å². The van der Waals surface area contributed by atoms with Crippen LogP contribution in [0.4, 0.5) is 21.6 Å². The van der Waals surface area contributed by atoms with Crippen LogP contribution in [0.5, 0.6) is 0 Å². The second kappa shape index (κ2) is 17.7. The van der Waals surface area contributed by atoms with Crippen LogP contribution in [0.3, 0.4) is 0 Å². The van der Waals surface area contributed by atoms with Crippen LogP contribution in [0, 0.1) is 17.2 Å². The molecule has 2 unspecified atom stereocenters. The molecule has 4 saturated heterocycles. The summed E-state index contributed by atoms with van der Waals surface area (Å²) in [4.78, 5) is 50.2. The van der Waals surface area contributed by atoms with Crippen molar-refractivity contribution in [3.8, 4) is 11.1 Å². The molecule has 1 aliphatic carbocycles. The Hall–Kier alpha value is -5.44. The first kappa shape index (κ1) is 43.1. The minimum Gasteiger partial charge on any atom is -0.370 e. The second-order valence-corrected chi connectivity index (χ2v) is 20.5. The zero-order chi connectivity index (χ0) is 45.1. The number of hydrogen-bond acceptors (Lipinski definition) is 9. The number of aliphatic imine (C=N–C) groups is 1. The molecule has 1 spiro atoms. The van der Waals surface area contributed by atoms with Crippen LogP contribution in [0.1, 0.15) is 93.8 Å². The number of halogens is 2. The van der Waals surface area contributed by atoms with Gasteiger partial charge >= 0.3 is 5.69 Å². The number of fused-ring (bicyclic) bond motifs is 2. The van der Waals surface area contributed by atoms with Crippen molar-refractivity contribution < 1.29 is 14.0 Å². The predicted molar refractivity (Wildman–Crippen MR) is 259 cm³/mol. The van der Waals surface area contributed by atoms with E-state index in [0.29, 0.717) is 28.6 Å². The number of nitrogens with one attached hydrogen (secondary N) is 3.